The Morgan fingerprint density at radius 2 is 1.91 bits per heavy atom. The molecule has 0 fully saturated rings. The predicted octanol–water partition coefficient (Wildman–Crippen LogP) is 5.73. The lowest BCUT2D eigenvalue weighted by molar-refractivity contribution is 0.192. The number of hydrogen-bond donors (Lipinski definition) is 1. The molecule has 6 heteroatoms. The van der Waals surface area contributed by atoms with E-state index in [1.165, 1.54) is 5.56 Å². The molecule has 32 heavy (non-hydrogen) atoms. The van der Waals surface area contributed by atoms with Crippen LogP contribution in [0.5, 0.6) is 0 Å². The number of nitrogens with zero attached hydrogens (tertiary/aromatic N) is 3. The molecular weight excluding hydrogens is 414 g/mol. The average molecular weight is 454 g/mol. The Morgan fingerprint density at radius 1 is 1.12 bits per heavy atom. The van der Waals surface area contributed by atoms with E-state index in [1.54, 1.807) is 0 Å². The van der Waals surface area contributed by atoms with E-state index < -0.39 is 8.32 Å². The highest BCUT2D eigenvalue weighted by Gasteiger charge is 2.36. The Kier molecular flexibility index (Phi) is 7.93. The molecule has 0 radical (unpaired) electrons. The molecule has 0 aromatic carbocycles. The quantitative estimate of drug-likeness (QED) is 0.398. The van der Waals surface area contributed by atoms with Gasteiger partial charge in [-0.15, -0.1) is 0 Å². The fraction of sp³-hybridized carbons (Fsp3) is 0.500. The van der Waals surface area contributed by atoms with Gasteiger partial charge in [0.15, 0.2) is 8.32 Å². The molecule has 174 valence electrons. The van der Waals surface area contributed by atoms with Gasteiger partial charge in [0.1, 0.15) is 0 Å². The van der Waals surface area contributed by atoms with E-state index >= 15 is 0 Å². The highest BCUT2D eigenvalue weighted by atomic mass is 28.4. The van der Waals surface area contributed by atoms with Crippen LogP contribution in [0.4, 0.5) is 0 Å². The first kappa shape index (κ1) is 24.6. The van der Waals surface area contributed by atoms with Gasteiger partial charge in [-0.1, -0.05) is 39.8 Å². The van der Waals surface area contributed by atoms with Crippen molar-refractivity contribution in [2.75, 3.05) is 19.7 Å². The summed E-state index contributed by atoms with van der Waals surface area (Å²) in [4.78, 5) is 7.22. The lowest BCUT2D eigenvalue weighted by atomic mass is 10.1. The van der Waals surface area contributed by atoms with Crippen LogP contribution in [0.2, 0.25) is 18.1 Å². The fourth-order valence-corrected chi connectivity index (χ4v) is 4.77. The van der Waals surface area contributed by atoms with E-state index in [0.29, 0.717) is 0 Å². The second-order valence-electron chi connectivity index (χ2n) is 10.1. The maximum atomic E-state index is 9.85. The standard InChI is InChI=1S/C26H39N3O2Si/c1-7-13-28(15-16-31-32(5,6)26(2,3)4)19-21-11-12-24(27-18-21)25-22(20-30)17-23-10-8-9-14-29(23)25/h8-12,14,17-18,30H,7,13,15-16,19-20H2,1-6H3. The van der Waals surface area contributed by atoms with E-state index in [-0.39, 0.29) is 11.6 Å². The van der Waals surface area contributed by atoms with Crippen molar-refractivity contribution >= 4 is 13.8 Å². The molecule has 3 rings (SSSR count). The second kappa shape index (κ2) is 10.3. The summed E-state index contributed by atoms with van der Waals surface area (Å²) in [7, 11) is -1.72. The van der Waals surface area contributed by atoms with Crippen molar-refractivity contribution in [1.82, 2.24) is 14.3 Å². The monoisotopic (exact) mass is 453 g/mol. The molecule has 0 aliphatic heterocycles. The number of fused-ring (bicyclic) bond motifs is 1. The van der Waals surface area contributed by atoms with Crippen LogP contribution in [-0.2, 0) is 17.6 Å². The van der Waals surface area contributed by atoms with Gasteiger partial charge in [-0.05, 0) is 60.9 Å². The van der Waals surface area contributed by atoms with Gasteiger partial charge in [0.25, 0.3) is 0 Å². The van der Waals surface area contributed by atoms with E-state index in [1.807, 2.05) is 36.7 Å². The third kappa shape index (κ3) is 5.67. The highest BCUT2D eigenvalue weighted by Crippen LogP contribution is 2.36. The molecule has 0 saturated heterocycles. The third-order valence-corrected chi connectivity index (χ3v) is 11.2. The van der Waals surface area contributed by atoms with Gasteiger partial charge in [0.2, 0.25) is 0 Å². The maximum absolute atomic E-state index is 9.85. The lowest BCUT2D eigenvalue weighted by Crippen LogP contribution is -2.42. The first-order valence-corrected chi connectivity index (χ1v) is 14.6. The van der Waals surface area contributed by atoms with Crippen LogP contribution in [0.15, 0.2) is 48.8 Å². The molecule has 3 heterocycles. The van der Waals surface area contributed by atoms with Gasteiger partial charge in [-0.25, -0.2) is 0 Å². The Balaban J connectivity index is 1.70. The van der Waals surface area contributed by atoms with E-state index in [9.17, 15) is 5.11 Å². The highest BCUT2D eigenvalue weighted by molar-refractivity contribution is 6.74. The minimum atomic E-state index is -1.72. The lowest BCUT2D eigenvalue weighted by Gasteiger charge is -2.36. The molecule has 0 saturated carbocycles. The molecular formula is C26H39N3O2Si. The van der Waals surface area contributed by atoms with Crippen LogP contribution in [0.25, 0.3) is 16.9 Å². The topological polar surface area (TPSA) is 50.0 Å². The Morgan fingerprint density at radius 3 is 2.53 bits per heavy atom. The van der Waals surface area contributed by atoms with Crippen molar-refractivity contribution in [2.45, 2.75) is 65.4 Å². The van der Waals surface area contributed by atoms with Crippen LogP contribution in [0.1, 0.15) is 45.2 Å². The van der Waals surface area contributed by atoms with Crippen molar-refractivity contribution in [3.63, 3.8) is 0 Å². The molecule has 0 aliphatic rings. The largest absolute Gasteiger partial charge is 0.416 e. The maximum Gasteiger partial charge on any atom is 0.192 e. The molecule has 0 unspecified atom stereocenters. The fourth-order valence-electron chi connectivity index (χ4n) is 3.74. The van der Waals surface area contributed by atoms with Crippen LogP contribution < -0.4 is 0 Å². The third-order valence-electron chi connectivity index (χ3n) is 6.62. The van der Waals surface area contributed by atoms with Crippen LogP contribution in [0, 0.1) is 0 Å². The minimum absolute atomic E-state index is 0.00104. The Bertz CT molecular complexity index is 1010. The molecule has 0 atom stereocenters. The van der Waals surface area contributed by atoms with Gasteiger partial charge in [-0.2, -0.15) is 0 Å². The zero-order chi connectivity index (χ0) is 23.4. The first-order chi connectivity index (χ1) is 15.2. The second-order valence-corrected chi connectivity index (χ2v) is 14.9. The summed E-state index contributed by atoms with van der Waals surface area (Å²) in [5, 5.41) is 10.1. The number of aliphatic hydroxyl groups excluding tert-OH is 1. The van der Waals surface area contributed by atoms with Gasteiger partial charge >= 0.3 is 0 Å². The zero-order valence-corrected chi connectivity index (χ0v) is 21.6. The molecule has 0 spiro atoms. The summed E-state index contributed by atoms with van der Waals surface area (Å²) in [5.41, 5.74) is 5.00. The van der Waals surface area contributed by atoms with Crippen LogP contribution >= 0.6 is 0 Å². The summed E-state index contributed by atoms with van der Waals surface area (Å²) >= 11 is 0. The van der Waals surface area contributed by atoms with Gasteiger partial charge in [0.05, 0.1) is 18.0 Å². The van der Waals surface area contributed by atoms with Crippen molar-refractivity contribution in [3.05, 3.63) is 59.9 Å². The summed E-state index contributed by atoms with van der Waals surface area (Å²) in [6.45, 7) is 17.3. The summed E-state index contributed by atoms with van der Waals surface area (Å²) in [5.74, 6) is 0. The van der Waals surface area contributed by atoms with Crippen molar-refractivity contribution in [2.24, 2.45) is 0 Å². The molecule has 1 N–H and O–H groups in total. The van der Waals surface area contributed by atoms with Crippen LogP contribution in [0.3, 0.4) is 0 Å². The molecule has 0 aliphatic carbocycles. The molecule has 3 aromatic heterocycles. The van der Waals surface area contributed by atoms with Crippen molar-refractivity contribution in [3.8, 4) is 11.4 Å². The van der Waals surface area contributed by atoms with Crippen LogP contribution in [-0.4, -0.2) is 47.4 Å². The van der Waals surface area contributed by atoms with E-state index in [0.717, 1.165) is 55.1 Å². The van der Waals surface area contributed by atoms with E-state index in [2.05, 4.69) is 62.2 Å². The smallest absolute Gasteiger partial charge is 0.192 e. The molecule has 5 nitrogen and oxygen atoms in total. The number of aliphatic hydroxyl groups is 1. The summed E-state index contributed by atoms with van der Waals surface area (Å²) in [6.07, 6.45) is 5.10. The molecule has 0 amide bonds. The average Bonchev–Trinajstić information content (AvgIpc) is 3.12. The Labute approximate surface area is 194 Å². The van der Waals surface area contributed by atoms with E-state index in [4.69, 9.17) is 9.41 Å². The number of rotatable bonds is 10. The number of pyridine rings is 2. The zero-order valence-electron chi connectivity index (χ0n) is 20.6. The van der Waals surface area contributed by atoms with Gasteiger partial charge in [-0.3, -0.25) is 9.88 Å². The number of hydrogen-bond acceptors (Lipinski definition) is 4. The minimum Gasteiger partial charge on any atom is -0.416 e. The normalized spacial score (nSPS) is 12.8. The molecule has 3 aromatic rings. The number of aromatic nitrogens is 2. The van der Waals surface area contributed by atoms with Crippen molar-refractivity contribution < 1.29 is 9.53 Å². The summed E-state index contributed by atoms with van der Waals surface area (Å²) in [6, 6.07) is 12.3. The summed E-state index contributed by atoms with van der Waals surface area (Å²) < 4.78 is 8.49. The Hall–Kier alpha value is -1.99. The SMILES string of the molecule is CCCN(CCO[Si](C)(C)C(C)(C)C)Cc1ccc(-c2c(CO)cc3ccccn23)nc1. The van der Waals surface area contributed by atoms with Gasteiger partial charge in [0, 0.05) is 43.2 Å². The van der Waals surface area contributed by atoms with Crippen molar-refractivity contribution in [1.29, 1.82) is 0 Å². The van der Waals surface area contributed by atoms with Gasteiger partial charge < -0.3 is 13.9 Å². The predicted molar refractivity (Wildman–Crippen MR) is 135 cm³/mol. The first-order valence-electron chi connectivity index (χ1n) is 11.7. The molecule has 0 bridgehead atoms.